The molecular weight excluding hydrogens is 364 g/mol. The molecule has 0 aliphatic rings. The summed E-state index contributed by atoms with van der Waals surface area (Å²) >= 11 is 8.25. The number of anilines is 2. The molecule has 2 nitrogen and oxygen atoms in total. The molecule has 0 aromatic heterocycles. The Labute approximate surface area is 122 Å². The van der Waals surface area contributed by atoms with Gasteiger partial charge in [0, 0.05) is 20.3 Å². The largest absolute Gasteiger partial charge is 0.312 e. The Bertz CT molecular complexity index is 425. The minimum Gasteiger partial charge on any atom is -0.312 e. The molecule has 2 N–H and O–H groups in total. The molecule has 0 bridgehead atoms. The van der Waals surface area contributed by atoms with Crippen molar-refractivity contribution in [3.63, 3.8) is 0 Å². The highest BCUT2D eigenvalue weighted by molar-refractivity contribution is 9.10. The molecule has 0 saturated heterocycles. The lowest BCUT2D eigenvalue weighted by Crippen LogP contribution is -1.93. The van der Waals surface area contributed by atoms with Crippen LogP contribution in [0.25, 0.3) is 0 Å². The second-order valence-corrected chi connectivity index (χ2v) is 5.76. The first kappa shape index (κ1) is 12.8. The van der Waals surface area contributed by atoms with Gasteiger partial charge >= 0.3 is 0 Å². The summed E-state index contributed by atoms with van der Waals surface area (Å²) in [5, 5.41) is 0. The molecule has 88 valence electrons. The molecule has 5 heteroatoms. The van der Waals surface area contributed by atoms with Crippen LogP contribution in [-0.4, -0.2) is 0 Å². The van der Waals surface area contributed by atoms with Crippen LogP contribution in [0.2, 0.25) is 0 Å². The van der Waals surface area contributed by atoms with Gasteiger partial charge in [0.1, 0.15) is 0 Å². The van der Waals surface area contributed by atoms with E-state index in [0.29, 0.717) is 0 Å². The summed E-state index contributed by atoms with van der Waals surface area (Å²) < 4.78 is 8.57. The maximum Gasteiger partial charge on any atom is 0.0655 e. The highest BCUT2D eigenvalue weighted by atomic mass is 79.9. The number of benzene rings is 2. The molecule has 0 aliphatic heterocycles. The highest BCUT2D eigenvalue weighted by Gasteiger charge is 1.94. The molecule has 0 aliphatic carbocycles. The van der Waals surface area contributed by atoms with Gasteiger partial charge in [-0.2, -0.15) is 0 Å². The van der Waals surface area contributed by atoms with E-state index in [2.05, 4.69) is 41.3 Å². The number of rotatable bonds is 4. The Morgan fingerprint density at radius 1 is 0.647 bits per heavy atom. The topological polar surface area (TPSA) is 24.1 Å². The second kappa shape index (κ2) is 6.33. The molecule has 0 saturated carbocycles. The van der Waals surface area contributed by atoms with Crippen molar-refractivity contribution in [1.29, 1.82) is 0 Å². The predicted molar refractivity (Wildman–Crippen MR) is 83.1 cm³/mol. The van der Waals surface area contributed by atoms with Crippen LogP contribution in [0.5, 0.6) is 0 Å². The van der Waals surface area contributed by atoms with E-state index in [9.17, 15) is 0 Å². The molecule has 2 rings (SSSR count). The molecule has 0 heterocycles. The standard InChI is InChI=1S/C12H10Br2N2S/c13-9-1-5-11(6-2-9)15-17-16-12-7-3-10(14)4-8-12/h1-8,15-16H. The van der Waals surface area contributed by atoms with E-state index in [4.69, 9.17) is 0 Å². The molecule has 0 radical (unpaired) electrons. The number of nitrogens with one attached hydrogen (secondary N) is 2. The lowest BCUT2D eigenvalue weighted by Gasteiger charge is -2.07. The zero-order valence-corrected chi connectivity index (χ0v) is 12.8. The fourth-order valence-electron chi connectivity index (χ4n) is 1.18. The zero-order chi connectivity index (χ0) is 12.1. The van der Waals surface area contributed by atoms with Gasteiger partial charge in [0.2, 0.25) is 0 Å². The Kier molecular flexibility index (Phi) is 4.76. The SMILES string of the molecule is Brc1ccc(NSNc2ccc(Br)cc2)cc1. The van der Waals surface area contributed by atoms with Gasteiger partial charge in [0.15, 0.2) is 0 Å². The lowest BCUT2D eigenvalue weighted by atomic mass is 10.3. The minimum atomic E-state index is 1.06. The highest BCUT2D eigenvalue weighted by Crippen LogP contribution is 2.20. The second-order valence-electron chi connectivity index (χ2n) is 3.32. The van der Waals surface area contributed by atoms with E-state index < -0.39 is 0 Å². The molecule has 0 amide bonds. The first-order chi connectivity index (χ1) is 8.24. The maximum absolute atomic E-state index is 3.40. The van der Waals surface area contributed by atoms with Crippen molar-refractivity contribution in [3.05, 3.63) is 57.5 Å². The molecule has 0 fully saturated rings. The van der Waals surface area contributed by atoms with Gasteiger partial charge in [0.05, 0.1) is 12.1 Å². The van der Waals surface area contributed by atoms with E-state index in [1.807, 2.05) is 48.5 Å². The van der Waals surface area contributed by atoms with Crippen LogP contribution in [0.15, 0.2) is 57.5 Å². The smallest absolute Gasteiger partial charge is 0.0655 e. The Balaban J connectivity index is 1.83. The normalized spacial score (nSPS) is 10.0. The van der Waals surface area contributed by atoms with Gasteiger partial charge in [-0.3, -0.25) is 0 Å². The van der Waals surface area contributed by atoms with Gasteiger partial charge in [-0.05, 0) is 48.5 Å². The van der Waals surface area contributed by atoms with Crippen LogP contribution in [-0.2, 0) is 0 Å². The average Bonchev–Trinajstić information content (AvgIpc) is 2.34. The van der Waals surface area contributed by atoms with Gasteiger partial charge < -0.3 is 9.44 Å². The van der Waals surface area contributed by atoms with Crippen LogP contribution in [0.1, 0.15) is 0 Å². The molecule has 0 spiro atoms. The molecule has 0 atom stereocenters. The lowest BCUT2D eigenvalue weighted by molar-refractivity contribution is 1.62. The van der Waals surface area contributed by atoms with Gasteiger partial charge in [-0.15, -0.1) is 0 Å². The quantitative estimate of drug-likeness (QED) is 0.711. The van der Waals surface area contributed by atoms with Crippen LogP contribution < -0.4 is 9.44 Å². The molecule has 0 unspecified atom stereocenters. The van der Waals surface area contributed by atoms with Crippen molar-refractivity contribution in [3.8, 4) is 0 Å². The van der Waals surface area contributed by atoms with E-state index >= 15 is 0 Å². The molecule has 17 heavy (non-hydrogen) atoms. The van der Waals surface area contributed by atoms with E-state index in [-0.39, 0.29) is 0 Å². The van der Waals surface area contributed by atoms with Crippen molar-refractivity contribution in [2.24, 2.45) is 0 Å². The third-order valence-corrected chi connectivity index (χ3v) is 3.76. The minimum absolute atomic E-state index is 1.06. The summed E-state index contributed by atoms with van der Waals surface area (Å²) in [4.78, 5) is 0. The molecular formula is C12H10Br2N2S. The van der Waals surface area contributed by atoms with Gasteiger partial charge in [-0.1, -0.05) is 31.9 Å². The summed E-state index contributed by atoms with van der Waals surface area (Å²) in [5.41, 5.74) is 2.12. The number of halogens is 2. The van der Waals surface area contributed by atoms with Gasteiger partial charge in [0.25, 0.3) is 0 Å². The van der Waals surface area contributed by atoms with E-state index in [0.717, 1.165) is 20.3 Å². The zero-order valence-electron chi connectivity index (χ0n) is 8.78. The maximum atomic E-state index is 3.40. The Morgan fingerprint density at radius 2 is 1.00 bits per heavy atom. The van der Waals surface area contributed by atoms with Crippen LogP contribution in [0.4, 0.5) is 11.4 Å². The fraction of sp³-hybridized carbons (Fsp3) is 0. The van der Waals surface area contributed by atoms with Crippen LogP contribution in [0.3, 0.4) is 0 Å². The Hall–Kier alpha value is -0.650. The van der Waals surface area contributed by atoms with Crippen molar-refractivity contribution >= 4 is 55.4 Å². The van der Waals surface area contributed by atoms with Crippen molar-refractivity contribution < 1.29 is 0 Å². The van der Waals surface area contributed by atoms with Crippen molar-refractivity contribution in [2.75, 3.05) is 9.44 Å². The Morgan fingerprint density at radius 3 is 1.35 bits per heavy atom. The average molecular weight is 374 g/mol. The molecule has 2 aromatic rings. The summed E-state index contributed by atoms with van der Waals surface area (Å²) in [6.45, 7) is 0. The van der Waals surface area contributed by atoms with Gasteiger partial charge in [-0.25, -0.2) is 0 Å². The monoisotopic (exact) mass is 372 g/mol. The van der Waals surface area contributed by atoms with Crippen molar-refractivity contribution in [1.82, 2.24) is 0 Å². The first-order valence-electron chi connectivity index (χ1n) is 4.93. The summed E-state index contributed by atoms with van der Waals surface area (Å²) in [6, 6.07) is 16.1. The summed E-state index contributed by atoms with van der Waals surface area (Å²) in [5.74, 6) is 0. The van der Waals surface area contributed by atoms with Crippen LogP contribution in [0, 0.1) is 0 Å². The van der Waals surface area contributed by atoms with E-state index in [1.54, 1.807) is 0 Å². The number of hydrogen-bond donors (Lipinski definition) is 2. The van der Waals surface area contributed by atoms with Crippen molar-refractivity contribution in [2.45, 2.75) is 0 Å². The van der Waals surface area contributed by atoms with Crippen LogP contribution >= 0.6 is 44.0 Å². The number of hydrogen-bond acceptors (Lipinski definition) is 3. The summed E-state index contributed by atoms with van der Waals surface area (Å²) in [7, 11) is 0. The summed E-state index contributed by atoms with van der Waals surface area (Å²) in [6.07, 6.45) is 0. The fourth-order valence-corrected chi connectivity index (χ4v) is 2.27. The first-order valence-corrected chi connectivity index (χ1v) is 7.33. The molecule has 2 aromatic carbocycles. The third-order valence-electron chi connectivity index (χ3n) is 2.03. The third kappa shape index (κ3) is 4.26. The van der Waals surface area contributed by atoms with E-state index in [1.165, 1.54) is 12.1 Å². The predicted octanol–water partition coefficient (Wildman–Crippen LogP) is 5.30.